The highest BCUT2D eigenvalue weighted by molar-refractivity contribution is 5.37. The first kappa shape index (κ1) is 10.3. The molecule has 0 unspecified atom stereocenters. The Bertz CT molecular complexity index is 337. The Balaban J connectivity index is 2.03. The third kappa shape index (κ3) is 2.62. The fourth-order valence-electron chi connectivity index (χ4n) is 1.68. The lowest BCUT2D eigenvalue weighted by molar-refractivity contribution is 0.474. The zero-order chi connectivity index (χ0) is 10.7. The first-order chi connectivity index (χ1) is 7.25. The van der Waals surface area contributed by atoms with Crippen molar-refractivity contribution in [3.8, 4) is 0 Å². The predicted octanol–water partition coefficient (Wildman–Crippen LogP) is 1.52. The predicted molar refractivity (Wildman–Crippen MR) is 53.7 cm³/mol. The van der Waals surface area contributed by atoms with Gasteiger partial charge < -0.3 is 10.6 Å². The summed E-state index contributed by atoms with van der Waals surface area (Å²) in [7, 11) is 0. The molecule has 1 fully saturated rings. The molecule has 1 saturated heterocycles. The first-order valence-electron chi connectivity index (χ1n) is 5.04. The van der Waals surface area contributed by atoms with E-state index in [-0.39, 0.29) is 11.9 Å². The molecule has 15 heavy (non-hydrogen) atoms. The second-order valence-electron chi connectivity index (χ2n) is 3.65. The number of nitrogens with one attached hydrogen (secondary N) is 2. The summed E-state index contributed by atoms with van der Waals surface area (Å²) in [6.07, 6.45) is 2.88. The summed E-state index contributed by atoms with van der Waals surface area (Å²) >= 11 is 0. The van der Waals surface area contributed by atoms with Crippen LogP contribution in [0.4, 0.5) is 14.6 Å². The van der Waals surface area contributed by atoms with Gasteiger partial charge in [0.15, 0.2) is 11.6 Å². The van der Waals surface area contributed by atoms with Gasteiger partial charge >= 0.3 is 0 Å². The normalized spacial score (nSPS) is 17.7. The van der Waals surface area contributed by atoms with Crippen molar-refractivity contribution < 1.29 is 8.78 Å². The molecule has 82 valence electrons. The summed E-state index contributed by atoms with van der Waals surface area (Å²) in [5, 5.41) is 6.19. The maximum Gasteiger partial charge on any atom is 0.168 e. The Hall–Kier alpha value is -1.23. The highest BCUT2D eigenvalue weighted by atomic mass is 19.1. The van der Waals surface area contributed by atoms with Crippen molar-refractivity contribution >= 4 is 5.82 Å². The molecule has 1 aromatic heterocycles. The fourth-order valence-corrected chi connectivity index (χ4v) is 1.68. The van der Waals surface area contributed by atoms with E-state index in [2.05, 4.69) is 15.6 Å². The van der Waals surface area contributed by atoms with E-state index in [0.717, 1.165) is 38.2 Å². The van der Waals surface area contributed by atoms with E-state index >= 15 is 0 Å². The van der Waals surface area contributed by atoms with Gasteiger partial charge in [0.1, 0.15) is 5.82 Å². The van der Waals surface area contributed by atoms with Gasteiger partial charge in [-0.05, 0) is 25.9 Å². The lowest BCUT2D eigenvalue weighted by Crippen LogP contribution is -2.35. The van der Waals surface area contributed by atoms with E-state index in [1.807, 2.05) is 0 Å². The summed E-state index contributed by atoms with van der Waals surface area (Å²) < 4.78 is 25.8. The van der Waals surface area contributed by atoms with Crippen LogP contribution in [0.15, 0.2) is 12.3 Å². The van der Waals surface area contributed by atoms with Crippen LogP contribution in [0.5, 0.6) is 0 Å². The van der Waals surface area contributed by atoms with E-state index in [4.69, 9.17) is 0 Å². The van der Waals surface area contributed by atoms with Gasteiger partial charge in [-0.3, -0.25) is 0 Å². The van der Waals surface area contributed by atoms with Crippen molar-refractivity contribution in [2.75, 3.05) is 18.4 Å². The SMILES string of the molecule is Fc1cnc(NC2CCNCC2)c(F)c1. The number of piperidine rings is 1. The Labute approximate surface area is 86.9 Å². The topological polar surface area (TPSA) is 37.0 Å². The molecule has 2 heterocycles. The van der Waals surface area contributed by atoms with Gasteiger partial charge in [-0.1, -0.05) is 0 Å². The van der Waals surface area contributed by atoms with Gasteiger partial charge in [0.25, 0.3) is 0 Å². The average molecular weight is 213 g/mol. The van der Waals surface area contributed by atoms with Crippen molar-refractivity contribution in [3.05, 3.63) is 23.9 Å². The average Bonchev–Trinajstić information content (AvgIpc) is 2.24. The van der Waals surface area contributed by atoms with Gasteiger partial charge in [0.05, 0.1) is 6.20 Å². The first-order valence-corrected chi connectivity index (χ1v) is 5.04. The summed E-state index contributed by atoms with van der Waals surface area (Å²) in [6.45, 7) is 1.83. The molecule has 0 aliphatic carbocycles. The third-order valence-electron chi connectivity index (χ3n) is 2.49. The third-order valence-corrected chi connectivity index (χ3v) is 2.49. The van der Waals surface area contributed by atoms with Crippen molar-refractivity contribution in [1.29, 1.82) is 0 Å². The van der Waals surface area contributed by atoms with Gasteiger partial charge in [0, 0.05) is 12.1 Å². The van der Waals surface area contributed by atoms with Gasteiger partial charge in [0.2, 0.25) is 0 Å². The minimum Gasteiger partial charge on any atom is -0.365 e. The molecule has 5 heteroatoms. The summed E-state index contributed by atoms with van der Waals surface area (Å²) in [5.41, 5.74) is 0. The van der Waals surface area contributed by atoms with Gasteiger partial charge in [-0.15, -0.1) is 0 Å². The highest BCUT2D eigenvalue weighted by Gasteiger charge is 2.15. The standard InChI is InChI=1S/C10H13F2N3/c11-7-5-9(12)10(14-6-7)15-8-1-3-13-4-2-8/h5-6,8,13H,1-4H2,(H,14,15). The number of anilines is 1. The number of aromatic nitrogens is 1. The maximum absolute atomic E-state index is 13.2. The minimum atomic E-state index is -0.650. The fraction of sp³-hybridized carbons (Fsp3) is 0.500. The molecule has 1 aliphatic rings. The molecule has 1 aromatic rings. The van der Waals surface area contributed by atoms with Crippen molar-refractivity contribution in [2.24, 2.45) is 0 Å². The van der Waals surface area contributed by atoms with Crippen molar-refractivity contribution in [1.82, 2.24) is 10.3 Å². The molecule has 3 nitrogen and oxygen atoms in total. The van der Waals surface area contributed by atoms with E-state index in [1.54, 1.807) is 0 Å². The number of halogens is 2. The number of hydrogen-bond donors (Lipinski definition) is 2. The second kappa shape index (κ2) is 4.53. The molecule has 0 saturated carbocycles. The van der Waals surface area contributed by atoms with Crippen LogP contribution in [0.25, 0.3) is 0 Å². The lowest BCUT2D eigenvalue weighted by Gasteiger charge is -2.24. The Morgan fingerprint density at radius 2 is 2.07 bits per heavy atom. The van der Waals surface area contributed by atoms with E-state index in [9.17, 15) is 8.78 Å². The zero-order valence-electron chi connectivity index (χ0n) is 8.26. The second-order valence-corrected chi connectivity index (χ2v) is 3.65. The van der Waals surface area contributed by atoms with Crippen LogP contribution in [0.3, 0.4) is 0 Å². The Morgan fingerprint density at radius 1 is 1.33 bits per heavy atom. The molecular weight excluding hydrogens is 200 g/mol. The molecule has 0 radical (unpaired) electrons. The molecule has 2 rings (SSSR count). The largest absolute Gasteiger partial charge is 0.365 e. The number of rotatable bonds is 2. The minimum absolute atomic E-state index is 0.142. The molecule has 0 aromatic carbocycles. The van der Waals surface area contributed by atoms with Gasteiger partial charge in [-0.2, -0.15) is 0 Å². The summed E-state index contributed by atoms with van der Waals surface area (Å²) in [6, 6.07) is 1.06. The van der Waals surface area contributed by atoms with Crippen LogP contribution in [0.1, 0.15) is 12.8 Å². The number of hydrogen-bond acceptors (Lipinski definition) is 3. The lowest BCUT2D eigenvalue weighted by atomic mass is 10.1. The van der Waals surface area contributed by atoms with E-state index < -0.39 is 11.6 Å². The number of nitrogens with zero attached hydrogens (tertiary/aromatic N) is 1. The van der Waals surface area contributed by atoms with Crippen LogP contribution < -0.4 is 10.6 Å². The highest BCUT2D eigenvalue weighted by Crippen LogP contribution is 2.15. The molecular formula is C10H13F2N3. The molecule has 2 N–H and O–H groups in total. The van der Waals surface area contributed by atoms with Gasteiger partial charge in [-0.25, -0.2) is 13.8 Å². The molecule has 1 aliphatic heterocycles. The molecule has 0 bridgehead atoms. The van der Waals surface area contributed by atoms with E-state index in [1.165, 1.54) is 0 Å². The van der Waals surface area contributed by atoms with E-state index in [0.29, 0.717) is 0 Å². The number of pyridine rings is 1. The molecule has 0 atom stereocenters. The summed E-state index contributed by atoms with van der Waals surface area (Å²) in [5.74, 6) is -1.14. The van der Waals surface area contributed by atoms with Crippen LogP contribution in [-0.2, 0) is 0 Å². The van der Waals surface area contributed by atoms with Crippen molar-refractivity contribution in [3.63, 3.8) is 0 Å². The van der Waals surface area contributed by atoms with Crippen LogP contribution >= 0.6 is 0 Å². The zero-order valence-corrected chi connectivity index (χ0v) is 8.26. The monoisotopic (exact) mass is 213 g/mol. The molecule has 0 spiro atoms. The molecule has 0 amide bonds. The van der Waals surface area contributed by atoms with Crippen LogP contribution in [0, 0.1) is 11.6 Å². The van der Waals surface area contributed by atoms with Crippen LogP contribution in [0.2, 0.25) is 0 Å². The quantitative estimate of drug-likeness (QED) is 0.782. The smallest absolute Gasteiger partial charge is 0.168 e. The maximum atomic E-state index is 13.2. The Morgan fingerprint density at radius 3 is 2.73 bits per heavy atom. The summed E-state index contributed by atoms with van der Waals surface area (Å²) in [4.78, 5) is 3.69. The van der Waals surface area contributed by atoms with Crippen molar-refractivity contribution in [2.45, 2.75) is 18.9 Å². The Kier molecular flexibility index (Phi) is 3.11. The van der Waals surface area contributed by atoms with Crippen LogP contribution in [-0.4, -0.2) is 24.1 Å².